The van der Waals surface area contributed by atoms with Crippen molar-refractivity contribution in [1.29, 1.82) is 0 Å². The Morgan fingerprint density at radius 3 is 1.96 bits per heavy atom. The van der Waals surface area contributed by atoms with Gasteiger partial charge in [0.2, 0.25) is 0 Å². The quantitative estimate of drug-likeness (QED) is 0.346. The lowest BCUT2D eigenvalue weighted by Gasteiger charge is -2.30. The Hall–Kier alpha value is -1.18. The van der Waals surface area contributed by atoms with E-state index >= 15 is 0 Å². The third kappa shape index (κ3) is 5.72. The van der Waals surface area contributed by atoms with E-state index in [4.69, 9.17) is 0 Å². The summed E-state index contributed by atoms with van der Waals surface area (Å²) in [5, 5.41) is 0. The summed E-state index contributed by atoms with van der Waals surface area (Å²) in [6.07, 6.45) is 21.1. The Bertz CT molecular complexity index is 472. The number of hydrogen-bond donors (Lipinski definition) is 0. The second-order valence-corrected chi connectivity index (χ2v) is 7.52. The van der Waals surface area contributed by atoms with E-state index < -0.39 is 0 Å². The van der Waals surface area contributed by atoms with E-state index in [1.807, 2.05) is 6.08 Å². The SMILES string of the molecule is CCCCCCCCCCCCC1=CC(=O)C2CC=CCC2C1=O. The minimum absolute atomic E-state index is 0.0642. The summed E-state index contributed by atoms with van der Waals surface area (Å²) in [6.45, 7) is 2.26. The van der Waals surface area contributed by atoms with Gasteiger partial charge in [0.15, 0.2) is 11.6 Å². The lowest BCUT2D eigenvalue weighted by Crippen LogP contribution is -2.35. The van der Waals surface area contributed by atoms with Gasteiger partial charge in [-0.15, -0.1) is 0 Å². The Morgan fingerprint density at radius 1 is 0.792 bits per heavy atom. The predicted octanol–water partition coefficient (Wildman–Crippen LogP) is 5.96. The highest BCUT2D eigenvalue weighted by atomic mass is 16.1. The lowest BCUT2D eigenvalue weighted by atomic mass is 9.71. The van der Waals surface area contributed by atoms with Crippen molar-refractivity contribution >= 4 is 11.6 Å². The minimum Gasteiger partial charge on any atom is -0.294 e. The van der Waals surface area contributed by atoms with Crippen LogP contribution in [-0.4, -0.2) is 11.6 Å². The van der Waals surface area contributed by atoms with E-state index in [-0.39, 0.29) is 23.4 Å². The van der Waals surface area contributed by atoms with Gasteiger partial charge in [0.1, 0.15) is 0 Å². The molecule has 2 heteroatoms. The van der Waals surface area contributed by atoms with E-state index in [2.05, 4.69) is 13.0 Å². The molecule has 2 unspecified atom stereocenters. The van der Waals surface area contributed by atoms with E-state index in [0.29, 0.717) is 0 Å². The molecule has 2 atom stereocenters. The van der Waals surface area contributed by atoms with E-state index in [0.717, 1.165) is 31.3 Å². The second-order valence-electron chi connectivity index (χ2n) is 7.52. The topological polar surface area (TPSA) is 34.1 Å². The molecule has 0 fully saturated rings. The molecule has 0 aromatic carbocycles. The molecule has 2 rings (SSSR count). The van der Waals surface area contributed by atoms with Gasteiger partial charge in [-0.25, -0.2) is 0 Å². The van der Waals surface area contributed by atoms with Gasteiger partial charge in [0, 0.05) is 11.8 Å². The summed E-state index contributed by atoms with van der Waals surface area (Å²) in [4.78, 5) is 24.7. The lowest BCUT2D eigenvalue weighted by molar-refractivity contribution is -0.130. The Balaban J connectivity index is 1.59. The molecule has 2 nitrogen and oxygen atoms in total. The Labute approximate surface area is 147 Å². The molecule has 0 amide bonds. The molecular formula is C22H34O2. The molecule has 2 aliphatic carbocycles. The molecule has 0 N–H and O–H groups in total. The predicted molar refractivity (Wildman–Crippen MR) is 99.9 cm³/mol. The fourth-order valence-electron chi connectivity index (χ4n) is 4.00. The van der Waals surface area contributed by atoms with Crippen LogP contribution in [0.15, 0.2) is 23.8 Å². The van der Waals surface area contributed by atoms with Gasteiger partial charge in [-0.1, -0.05) is 76.9 Å². The van der Waals surface area contributed by atoms with Crippen molar-refractivity contribution in [2.75, 3.05) is 0 Å². The summed E-state index contributed by atoms with van der Waals surface area (Å²) in [7, 11) is 0. The summed E-state index contributed by atoms with van der Waals surface area (Å²) >= 11 is 0. The van der Waals surface area contributed by atoms with Gasteiger partial charge in [0.05, 0.1) is 0 Å². The van der Waals surface area contributed by atoms with Crippen LogP contribution in [0.4, 0.5) is 0 Å². The second kappa shape index (κ2) is 10.6. The van der Waals surface area contributed by atoms with Crippen LogP contribution in [0.5, 0.6) is 0 Å². The van der Waals surface area contributed by atoms with Gasteiger partial charge in [-0.3, -0.25) is 9.59 Å². The van der Waals surface area contributed by atoms with Gasteiger partial charge in [-0.2, -0.15) is 0 Å². The van der Waals surface area contributed by atoms with Gasteiger partial charge >= 0.3 is 0 Å². The number of ketones is 2. The number of fused-ring (bicyclic) bond motifs is 1. The van der Waals surface area contributed by atoms with Crippen LogP contribution in [0.3, 0.4) is 0 Å². The summed E-state index contributed by atoms with van der Waals surface area (Å²) in [6, 6.07) is 0. The molecule has 2 aliphatic rings. The van der Waals surface area contributed by atoms with Crippen LogP contribution in [0.1, 0.15) is 90.4 Å². The zero-order valence-corrected chi connectivity index (χ0v) is 15.4. The number of carbonyl (C=O) groups is 2. The van der Waals surface area contributed by atoms with Crippen molar-refractivity contribution in [2.24, 2.45) is 11.8 Å². The summed E-state index contributed by atoms with van der Waals surface area (Å²) in [5.74, 6) is 0.301. The number of hydrogen-bond acceptors (Lipinski definition) is 2. The maximum atomic E-state index is 12.5. The number of Topliss-reactive ketones (excluding diaryl/α,β-unsaturated/α-hetero) is 1. The number of rotatable bonds is 11. The molecule has 0 saturated carbocycles. The molecule has 0 aliphatic heterocycles. The zero-order valence-electron chi connectivity index (χ0n) is 15.4. The fraction of sp³-hybridized carbons (Fsp3) is 0.727. The molecule has 0 bridgehead atoms. The molecule has 24 heavy (non-hydrogen) atoms. The zero-order chi connectivity index (χ0) is 17.2. The molecule has 0 radical (unpaired) electrons. The minimum atomic E-state index is -0.0704. The standard InChI is InChI=1S/C22H34O2/c1-2-3-4-5-6-7-8-9-10-11-14-18-17-21(23)19-15-12-13-16-20(19)22(18)24/h12-13,17,19-20H,2-11,14-16H2,1H3. The maximum absolute atomic E-state index is 12.5. The Kier molecular flexibility index (Phi) is 8.49. The highest BCUT2D eigenvalue weighted by Gasteiger charge is 2.37. The van der Waals surface area contributed by atoms with Crippen LogP contribution in [0.2, 0.25) is 0 Å². The first-order chi connectivity index (χ1) is 11.7. The van der Waals surface area contributed by atoms with Crippen molar-refractivity contribution in [2.45, 2.75) is 90.4 Å². The molecule has 0 heterocycles. The molecule has 134 valence electrons. The molecule has 0 saturated heterocycles. The van der Waals surface area contributed by atoms with Crippen molar-refractivity contribution in [3.8, 4) is 0 Å². The third-order valence-corrected chi connectivity index (χ3v) is 5.57. The monoisotopic (exact) mass is 330 g/mol. The average Bonchev–Trinajstić information content (AvgIpc) is 2.60. The smallest absolute Gasteiger partial charge is 0.163 e. The first-order valence-corrected chi connectivity index (χ1v) is 10.2. The molecule has 0 aromatic heterocycles. The fourth-order valence-corrected chi connectivity index (χ4v) is 4.00. The molecule has 0 spiro atoms. The number of unbranched alkanes of at least 4 members (excludes halogenated alkanes) is 9. The van der Waals surface area contributed by atoms with E-state index in [1.54, 1.807) is 6.08 Å². The van der Waals surface area contributed by atoms with Gasteiger partial charge < -0.3 is 0 Å². The van der Waals surface area contributed by atoms with Gasteiger partial charge in [-0.05, 0) is 37.3 Å². The number of carbonyl (C=O) groups excluding carboxylic acids is 2. The van der Waals surface area contributed by atoms with E-state index in [9.17, 15) is 9.59 Å². The summed E-state index contributed by atoms with van der Waals surface area (Å²) in [5.41, 5.74) is 0.802. The molecule has 0 aromatic rings. The van der Waals surface area contributed by atoms with Crippen molar-refractivity contribution in [1.82, 2.24) is 0 Å². The van der Waals surface area contributed by atoms with Crippen LogP contribution in [0, 0.1) is 11.8 Å². The van der Waals surface area contributed by atoms with Crippen molar-refractivity contribution in [3.63, 3.8) is 0 Å². The van der Waals surface area contributed by atoms with Gasteiger partial charge in [0.25, 0.3) is 0 Å². The highest BCUT2D eigenvalue weighted by Crippen LogP contribution is 2.34. The van der Waals surface area contributed by atoms with E-state index in [1.165, 1.54) is 57.8 Å². The van der Waals surface area contributed by atoms with Crippen molar-refractivity contribution < 1.29 is 9.59 Å². The molecular weight excluding hydrogens is 296 g/mol. The number of allylic oxidation sites excluding steroid dienone is 4. The van der Waals surface area contributed by atoms with Crippen LogP contribution >= 0.6 is 0 Å². The first-order valence-electron chi connectivity index (χ1n) is 10.2. The first kappa shape index (κ1) is 19.1. The van der Waals surface area contributed by atoms with Crippen LogP contribution in [0.25, 0.3) is 0 Å². The maximum Gasteiger partial charge on any atom is 0.163 e. The third-order valence-electron chi connectivity index (χ3n) is 5.57. The van der Waals surface area contributed by atoms with Crippen LogP contribution < -0.4 is 0 Å². The normalized spacial score (nSPS) is 23.3. The van der Waals surface area contributed by atoms with Crippen molar-refractivity contribution in [3.05, 3.63) is 23.8 Å². The van der Waals surface area contributed by atoms with Crippen LogP contribution in [-0.2, 0) is 9.59 Å². The average molecular weight is 331 g/mol. The Morgan fingerprint density at radius 2 is 1.33 bits per heavy atom. The highest BCUT2D eigenvalue weighted by molar-refractivity contribution is 6.10. The largest absolute Gasteiger partial charge is 0.294 e. The summed E-state index contributed by atoms with van der Waals surface area (Å²) < 4.78 is 0.